The summed E-state index contributed by atoms with van der Waals surface area (Å²) in [4.78, 5) is 30.9. The molecule has 0 radical (unpaired) electrons. The van der Waals surface area contributed by atoms with Crippen LogP contribution in [0.15, 0.2) is 16.7 Å². The number of nitrogens with zero attached hydrogens (tertiary/aromatic N) is 2. The molecule has 0 aromatic carbocycles. The fourth-order valence-corrected chi connectivity index (χ4v) is 1.82. The van der Waals surface area contributed by atoms with Gasteiger partial charge in [-0.2, -0.15) is 0 Å². The highest BCUT2D eigenvalue weighted by Crippen LogP contribution is 2.11. The Balaban J connectivity index is 1.81. The molecule has 7 nitrogen and oxygen atoms in total. The molecule has 1 unspecified atom stereocenters. The van der Waals surface area contributed by atoms with E-state index in [2.05, 4.69) is 15.5 Å². The summed E-state index contributed by atoms with van der Waals surface area (Å²) in [6.07, 6.45) is 0.768. The first-order chi connectivity index (χ1) is 8.16. The third-order valence-corrected chi connectivity index (χ3v) is 2.89. The summed E-state index contributed by atoms with van der Waals surface area (Å²) < 4.78 is 0. The summed E-state index contributed by atoms with van der Waals surface area (Å²) in [6.45, 7) is 0.304. The minimum Gasteiger partial charge on any atom is -0.477 e. The Kier molecular flexibility index (Phi) is 3.33. The first kappa shape index (κ1) is 11.5. The molecule has 1 atom stereocenters. The molecule has 0 spiro atoms. The SMILES string of the molecule is O=C(O)C1=NOC(C(=O)NCc2nccs2)C1. The monoisotopic (exact) mass is 255 g/mol. The van der Waals surface area contributed by atoms with Gasteiger partial charge in [-0.1, -0.05) is 5.16 Å². The second kappa shape index (κ2) is 4.91. The van der Waals surface area contributed by atoms with E-state index in [1.54, 1.807) is 11.6 Å². The molecule has 90 valence electrons. The van der Waals surface area contributed by atoms with Crippen LogP contribution >= 0.6 is 11.3 Å². The molecule has 0 saturated carbocycles. The number of hydrogen-bond acceptors (Lipinski definition) is 6. The highest BCUT2D eigenvalue weighted by Gasteiger charge is 2.31. The third-order valence-electron chi connectivity index (χ3n) is 2.11. The Bertz CT molecular complexity index is 457. The third kappa shape index (κ3) is 2.78. The lowest BCUT2D eigenvalue weighted by Gasteiger charge is -2.07. The predicted molar refractivity (Wildman–Crippen MR) is 58.5 cm³/mol. The van der Waals surface area contributed by atoms with Crippen molar-refractivity contribution in [3.63, 3.8) is 0 Å². The van der Waals surface area contributed by atoms with Crippen LogP contribution in [0.25, 0.3) is 0 Å². The molecule has 1 amide bonds. The maximum absolute atomic E-state index is 11.6. The first-order valence-corrected chi connectivity index (χ1v) is 5.67. The summed E-state index contributed by atoms with van der Waals surface area (Å²) in [5.41, 5.74) is -0.139. The van der Waals surface area contributed by atoms with Crippen LogP contribution in [0.4, 0.5) is 0 Å². The van der Waals surface area contributed by atoms with E-state index in [0.717, 1.165) is 5.01 Å². The zero-order valence-electron chi connectivity index (χ0n) is 8.62. The fraction of sp³-hybridized carbons (Fsp3) is 0.333. The van der Waals surface area contributed by atoms with Crippen molar-refractivity contribution in [2.75, 3.05) is 0 Å². The van der Waals surface area contributed by atoms with Crippen molar-refractivity contribution in [2.45, 2.75) is 19.1 Å². The molecule has 0 bridgehead atoms. The van der Waals surface area contributed by atoms with E-state index < -0.39 is 12.1 Å². The van der Waals surface area contributed by atoms with Gasteiger partial charge in [0.25, 0.3) is 5.91 Å². The van der Waals surface area contributed by atoms with Gasteiger partial charge in [0.15, 0.2) is 5.71 Å². The van der Waals surface area contributed by atoms with E-state index in [0.29, 0.717) is 6.54 Å². The highest BCUT2D eigenvalue weighted by molar-refractivity contribution is 7.09. The molecule has 0 saturated heterocycles. The Morgan fingerprint density at radius 1 is 1.65 bits per heavy atom. The van der Waals surface area contributed by atoms with Gasteiger partial charge in [-0.15, -0.1) is 11.3 Å². The molecule has 1 aliphatic heterocycles. The normalized spacial score (nSPS) is 18.4. The second-order valence-electron chi connectivity index (χ2n) is 3.28. The van der Waals surface area contributed by atoms with Crippen molar-refractivity contribution < 1.29 is 19.5 Å². The second-order valence-corrected chi connectivity index (χ2v) is 4.26. The Hall–Kier alpha value is -1.96. The molecule has 17 heavy (non-hydrogen) atoms. The summed E-state index contributed by atoms with van der Waals surface area (Å²) in [5, 5.41) is 17.2. The number of rotatable bonds is 4. The Morgan fingerprint density at radius 2 is 2.47 bits per heavy atom. The largest absolute Gasteiger partial charge is 0.477 e. The summed E-state index contributed by atoms with van der Waals surface area (Å²) in [5.74, 6) is -1.56. The van der Waals surface area contributed by atoms with Gasteiger partial charge < -0.3 is 15.3 Å². The molecule has 1 aromatic heterocycles. The molecule has 8 heteroatoms. The number of carboxylic acid groups (broad SMARTS) is 1. The Labute approximate surface area is 100 Å². The lowest BCUT2D eigenvalue weighted by molar-refractivity contribution is -0.131. The van der Waals surface area contributed by atoms with Gasteiger partial charge in [0.1, 0.15) is 5.01 Å². The van der Waals surface area contributed by atoms with Crippen LogP contribution in [0.5, 0.6) is 0 Å². The van der Waals surface area contributed by atoms with E-state index in [-0.39, 0.29) is 18.0 Å². The highest BCUT2D eigenvalue weighted by atomic mass is 32.1. The van der Waals surface area contributed by atoms with Crippen LogP contribution < -0.4 is 5.32 Å². The molecule has 1 aliphatic rings. The van der Waals surface area contributed by atoms with E-state index in [1.165, 1.54) is 11.3 Å². The van der Waals surface area contributed by atoms with Crippen molar-refractivity contribution in [1.29, 1.82) is 0 Å². The summed E-state index contributed by atoms with van der Waals surface area (Å²) >= 11 is 1.42. The zero-order chi connectivity index (χ0) is 12.3. The molecule has 0 aliphatic carbocycles. The molecule has 2 rings (SSSR count). The van der Waals surface area contributed by atoms with Gasteiger partial charge in [0.2, 0.25) is 6.10 Å². The quantitative estimate of drug-likeness (QED) is 0.788. The maximum Gasteiger partial charge on any atom is 0.353 e. The van der Waals surface area contributed by atoms with Crippen LogP contribution in [0.1, 0.15) is 11.4 Å². The average molecular weight is 255 g/mol. The number of amides is 1. The molecular formula is C9H9N3O4S. The number of carboxylic acids is 1. The van der Waals surface area contributed by atoms with Crippen LogP contribution in [0, 0.1) is 0 Å². The molecule has 0 fully saturated rings. The van der Waals surface area contributed by atoms with Crippen molar-refractivity contribution in [3.8, 4) is 0 Å². The van der Waals surface area contributed by atoms with Gasteiger partial charge in [-0.25, -0.2) is 9.78 Å². The molecule has 2 heterocycles. The van der Waals surface area contributed by atoms with Gasteiger partial charge in [-0.05, 0) is 0 Å². The van der Waals surface area contributed by atoms with E-state index >= 15 is 0 Å². The topological polar surface area (TPSA) is 101 Å². The number of aromatic nitrogens is 1. The number of carbonyl (C=O) groups excluding carboxylic acids is 1. The van der Waals surface area contributed by atoms with Crippen molar-refractivity contribution >= 4 is 28.9 Å². The van der Waals surface area contributed by atoms with Gasteiger partial charge >= 0.3 is 5.97 Å². The number of hydrogen-bond donors (Lipinski definition) is 2. The van der Waals surface area contributed by atoms with Crippen molar-refractivity contribution in [3.05, 3.63) is 16.6 Å². The van der Waals surface area contributed by atoms with Crippen molar-refractivity contribution in [2.24, 2.45) is 5.16 Å². The van der Waals surface area contributed by atoms with Crippen LogP contribution in [-0.4, -0.2) is 33.8 Å². The standard InChI is InChI=1S/C9H9N3O4S/c13-8(11-4-7-10-1-2-17-7)6-3-5(9(14)15)12-16-6/h1-2,6H,3-4H2,(H,11,13)(H,14,15). The average Bonchev–Trinajstić information content (AvgIpc) is 2.96. The van der Waals surface area contributed by atoms with Crippen LogP contribution in [0.3, 0.4) is 0 Å². The first-order valence-electron chi connectivity index (χ1n) is 4.79. The minimum atomic E-state index is -1.17. The summed E-state index contributed by atoms with van der Waals surface area (Å²) in [6, 6.07) is 0. The van der Waals surface area contributed by atoms with Gasteiger partial charge in [0, 0.05) is 18.0 Å². The maximum atomic E-state index is 11.6. The smallest absolute Gasteiger partial charge is 0.353 e. The van der Waals surface area contributed by atoms with Crippen LogP contribution in [0.2, 0.25) is 0 Å². The predicted octanol–water partition coefficient (Wildman–Crippen LogP) is -0.0112. The van der Waals surface area contributed by atoms with Crippen LogP contribution in [-0.2, 0) is 21.0 Å². The Morgan fingerprint density at radius 3 is 3.06 bits per heavy atom. The van der Waals surface area contributed by atoms with E-state index in [1.807, 2.05) is 0 Å². The lowest BCUT2D eigenvalue weighted by atomic mass is 10.2. The number of carbonyl (C=O) groups is 2. The van der Waals surface area contributed by atoms with E-state index in [9.17, 15) is 9.59 Å². The number of nitrogens with one attached hydrogen (secondary N) is 1. The number of oxime groups is 1. The number of aliphatic carboxylic acids is 1. The number of thiazole rings is 1. The molecule has 2 N–H and O–H groups in total. The zero-order valence-corrected chi connectivity index (χ0v) is 9.44. The fourth-order valence-electron chi connectivity index (χ4n) is 1.26. The minimum absolute atomic E-state index is 0.0148. The summed E-state index contributed by atoms with van der Waals surface area (Å²) in [7, 11) is 0. The lowest BCUT2D eigenvalue weighted by Crippen LogP contribution is -2.34. The van der Waals surface area contributed by atoms with Gasteiger partial charge in [-0.3, -0.25) is 4.79 Å². The molecular weight excluding hydrogens is 246 g/mol. The van der Waals surface area contributed by atoms with Gasteiger partial charge in [0.05, 0.1) is 6.54 Å². The molecule has 1 aromatic rings. The van der Waals surface area contributed by atoms with E-state index in [4.69, 9.17) is 9.94 Å². The van der Waals surface area contributed by atoms with Crippen molar-refractivity contribution in [1.82, 2.24) is 10.3 Å².